The van der Waals surface area contributed by atoms with Crippen molar-refractivity contribution in [2.24, 2.45) is 0 Å². The van der Waals surface area contributed by atoms with Gasteiger partial charge in [-0.05, 0) is 48.9 Å². The standard InChI is InChI=1S/C22H21NO7/c1-3-10-23-21(25)18-11-14-4-5-17(12-19(14)30-22(18)26)29-20(24)13-28-16-8-6-15(27-2)7-9-16/h4-9,11-12H,3,10,13H2,1-2H3,(H,23,25). The molecular formula is C22H21NO7. The maximum atomic E-state index is 12.1. The minimum atomic E-state index is -0.762. The average Bonchev–Trinajstić information content (AvgIpc) is 2.75. The minimum Gasteiger partial charge on any atom is -0.497 e. The van der Waals surface area contributed by atoms with Crippen LogP contribution in [0.4, 0.5) is 0 Å². The van der Waals surface area contributed by atoms with Crippen LogP contribution >= 0.6 is 0 Å². The van der Waals surface area contributed by atoms with Crippen LogP contribution in [0.1, 0.15) is 23.7 Å². The fourth-order valence-corrected chi connectivity index (χ4v) is 2.62. The van der Waals surface area contributed by atoms with Gasteiger partial charge in [0.1, 0.15) is 28.4 Å². The molecule has 0 saturated carbocycles. The largest absolute Gasteiger partial charge is 0.497 e. The quantitative estimate of drug-likeness (QED) is 0.345. The van der Waals surface area contributed by atoms with Gasteiger partial charge < -0.3 is 23.9 Å². The van der Waals surface area contributed by atoms with E-state index in [1.165, 1.54) is 12.1 Å². The SMILES string of the molecule is CCCNC(=O)c1cc2ccc(OC(=O)COc3ccc(OC)cc3)cc2oc1=O. The summed E-state index contributed by atoms with van der Waals surface area (Å²) < 4.78 is 20.9. The van der Waals surface area contributed by atoms with Crippen LogP contribution in [-0.4, -0.2) is 32.1 Å². The van der Waals surface area contributed by atoms with Gasteiger partial charge in [-0.3, -0.25) is 4.79 Å². The Morgan fingerprint density at radius 3 is 2.40 bits per heavy atom. The van der Waals surface area contributed by atoms with Gasteiger partial charge in [-0.1, -0.05) is 6.92 Å². The number of hydrogen-bond donors (Lipinski definition) is 1. The predicted octanol–water partition coefficient (Wildman–Crippen LogP) is 2.93. The summed E-state index contributed by atoms with van der Waals surface area (Å²) in [7, 11) is 1.56. The number of ether oxygens (including phenoxy) is 3. The molecule has 30 heavy (non-hydrogen) atoms. The van der Waals surface area contributed by atoms with E-state index in [1.807, 2.05) is 6.92 Å². The molecule has 0 atom stereocenters. The molecule has 0 fully saturated rings. The molecule has 8 nitrogen and oxygen atoms in total. The van der Waals surface area contributed by atoms with Gasteiger partial charge >= 0.3 is 11.6 Å². The first kappa shape index (κ1) is 20.9. The normalized spacial score (nSPS) is 10.5. The van der Waals surface area contributed by atoms with Crippen molar-refractivity contribution in [2.45, 2.75) is 13.3 Å². The summed E-state index contributed by atoms with van der Waals surface area (Å²) >= 11 is 0. The van der Waals surface area contributed by atoms with E-state index in [2.05, 4.69) is 5.32 Å². The van der Waals surface area contributed by atoms with Gasteiger partial charge in [0, 0.05) is 18.0 Å². The van der Waals surface area contributed by atoms with Crippen molar-refractivity contribution in [3.63, 3.8) is 0 Å². The van der Waals surface area contributed by atoms with Gasteiger partial charge in [0.25, 0.3) is 5.91 Å². The first-order valence-electron chi connectivity index (χ1n) is 9.34. The lowest BCUT2D eigenvalue weighted by atomic mass is 10.1. The highest BCUT2D eigenvalue weighted by Gasteiger charge is 2.14. The van der Waals surface area contributed by atoms with E-state index < -0.39 is 17.5 Å². The molecule has 2 aromatic carbocycles. The molecule has 1 aromatic heterocycles. The lowest BCUT2D eigenvalue weighted by Crippen LogP contribution is -2.28. The van der Waals surface area contributed by atoms with Crippen LogP contribution in [0.25, 0.3) is 11.0 Å². The molecule has 0 aliphatic carbocycles. The van der Waals surface area contributed by atoms with Crippen molar-refractivity contribution in [1.82, 2.24) is 5.32 Å². The highest BCUT2D eigenvalue weighted by molar-refractivity contribution is 5.96. The fraction of sp³-hybridized carbons (Fsp3) is 0.227. The van der Waals surface area contributed by atoms with Crippen molar-refractivity contribution in [3.8, 4) is 17.2 Å². The van der Waals surface area contributed by atoms with Gasteiger partial charge in [0.05, 0.1) is 7.11 Å². The summed E-state index contributed by atoms with van der Waals surface area (Å²) in [5, 5.41) is 3.17. The summed E-state index contributed by atoms with van der Waals surface area (Å²) in [6.07, 6.45) is 0.752. The Labute approximate surface area is 172 Å². The monoisotopic (exact) mass is 411 g/mol. The Balaban J connectivity index is 1.66. The summed E-state index contributed by atoms with van der Waals surface area (Å²) in [5.41, 5.74) is -0.635. The van der Waals surface area contributed by atoms with Crippen molar-refractivity contribution >= 4 is 22.8 Å². The molecule has 8 heteroatoms. The van der Waals surface area contributed by atoms with E-state index in [4.69, 9.17) is 18.6 Å². The second-order valence-electron chi connectivity index (χ2n) is 6.34. The molecule has 0 aliphatic heterocycles. The zero-order valence-corrected chi connectivity index (χ0v) is 16.6. The average molecular weight is 411 g/mol. The number of esters is 1. The number of carbonyl (C=O) groups excluding carboxylic acids is 2. The van der Waals surface area contributed by atoms with E-state index in [0.29, 0.717) is 23.4 Å². The fourth-order valence-electron chi connectivity index (χ4n) is 2.62. The second-order valence-corrected chi connectivity index (χ2v) is 6.34. The van der Waals surface area contributed by atoms with Crippen molar-refractivity contribution in [3.05, 3.63) is 64.5 Å². The van der Waals surface area contributed by atoms with Gasteiger partial charge in [-0.2, -0.15) is 0 Å². The Morgan fingerprint density at radius 2 is 1.70 bits per heavy atom. The maximum absolute atomic E-state index is 12.1. The van der Waals surface area contributed by atoms with Crippen LogP contribution in [0.15, 0.2) is 57.7 Å². The van der Waals surface area contributed by atoms with Crippen molar-refractivity contribution in [2.75, 3.05) is 20.3 Å². The molecule has 0 unspecified atom stereocenters. The second kappa shape index (κ2) is 9.60. The smallest absolute Gasteiger partial charge is 0.349 e. The van der Waals surface area contributed by atoms with E-state index >= 15 is 0 Å². The predicted molar refractivity (Wildman–Crippen MR) is 109 cm³/mol. The van der Waals surface area contributed by atoms with Gasteiger partial charge in [0.15, 0.2) is 6.61 Å². The molecule has 156 valence electrons. The van der Waals surface area contributed by atoms with Crippen LogP contribution in [0.3, 0.4) is 0 Å². The van der Waals surface area contributed by atoms with E-state index in [-0.39, 0.29) is 23.5 Å². The third kappa shape index (κ3) is 5.16. The molecule has 1 amide bonds. The summed E-state index contributed by atoms with van der Waals surface area (Å²) in [5.74, 6) is 0.249. The molecule has 0 spiro atoms. The van der Waals surface area contributed by atoms with Crippen LogP contribution in [-0.2, 0) is 4.79 Å². The molecule has 1 N–H and O–H groups in total. The number of benzene rings is 2. The number of rotatable bonds is 8. The molecule has 0 radical (unpaired) electrons. The molecule has 0 saturated heterocycles. The Kier molecular flexibility index (Phi) is 6.69. The molecule has 0 aliphatic rings. The number of hydrogen-bond acceptors (Lipinski definition) is 7. The molecule has 3 rings (SSSR count). The highest BCUT2D eigenvalue weighted by atomic mass is 16.6. The zero-order valence-electron chi connectivity index (χ0n) is 16.6. The number of carbonyl (C=O) groups is 2. The Hall–Kier alpha value is -3.81. The van der Waals surface area contributed by atoms with Gasteiger partial charge in [-0.25, -0.2) is 9.59 Å². The lowest BCUT2D eigenvalue weighted by Gasteiger charge is -2.08. The van der Waals surface area contributed by atoms with Crippen LogP contribution in [0, 0.1) is 0 Å². The van der Waals surface area contributed by atoms with Crippen LogP contribution in [0.5, 0.6) is 17.2 Å². The topological polar surface area (TPSA) is 104 Å². The molecular weight excluding hydrogens is 390 g/mol. The zero-order chi connectivity index (χ0) is 21.5. The van der Waals surface area contributed by atoms with E-state index in [0.717, 1.165) is 6.42 Å². The summed E-state index contributed by atoms with van der Waals surface area (Å²) in [6.45, 7) is 2.07. The number of amides is 1. The Morgan fingerprint density at radius 1 is 1.00 bits per heavy atom. The molecule has 3 aromatic rings. The number of nitrogens with one attached hydrogen (secondary N) is 1. The Bertz CT molecular complexity index is 1100. The maximum Gasteiger partial charge on any atom is 0.349 e. The van der Waals surface area contributed by atoms with Crippen LogP contribution in [0.2, 0.25) is 0 Å². The third-order valence-electron chi connectivity index (χ3n) is 4.14. The summed E-state index contributed by atoms with van der Waals surface area (Å²) in [6, 6.07) is 12.8. The molecule has 1 heterocycles. The lowest BCUT2D eigenvalue weighted by molar-refractivity contribution is -0.136. The van der Waals surface area contributed by atoms with E-state index in [1.54, 1.807) is 43.5 Å². The minimum absolute atomic E-state index is 0.0754. The number of methoxy groups -OCH3 is 1. The summed E-state index contributed by atoms with van der Waals surface area (Å²) in [4.78, 5) is 36.2. The first-order valence-corrected chi connectivity index (χ1v) is 9.34. The van der Waals surface area contributed by atoms with Gasteiger partial charge in [0.2, 0.25) is 0 Å². The number of fused-ring (bicyclic) bond motifs is 1. The van der Waals surface area contributed by atoms with Crippen LogP contribution < -0.4 is 25.2 Å². The van der Waals surface area contributed by atoms with Crippen molar-refractivity contribution in [1.29, 1.82) is 0 Å². The molecule has 0 bridgehead atoms. The van der Waals surface area contributed by atoms with E-state index in [9.17, 15) is 14.4 Å². The van der Waals surface area contributed by atoms with Gasteiger partial charge in [-0.15, -0.1) is 0 Å². The highest BCUT2D eigenvalue weighted by Crippen LogP contribution is 2.21. The first-order chi connectivity index (χ1) is 14.5. The third-order valence-corrected chi connectivity index (χ3v) is 4.14. The van der Waals surface area contributed by atoms with Crippen molar-refractivity contribution < 1.29 is 28.2 Å².